The zero-order valence-corrected chi connectivity index (χ0v) is 11.5. The quantitative estimate of drug-likeness (QED) is 0.800. The van der Waals surface area contributed by atoms with Gasteiger partial charge in [0, 0.05) is 17.3 Å². The number of ether oxygens (including phenoxy) is 1. The SMILES string of the molecule is COc1ccc2ccccc2c1C(O)c1cncc(F)c1. The number of hydrogen-bond acceptors (Lipinski definition) is 3. The molecule has 0 aliphatic heterocycles. The molecule has 1 unspecified atom stereocenters. The summed E-state index contributed by atoms with van der Waals surface area (Å²) in [6, 6.07) is 12.7. The maximum absolute atomic E-state index is 13.3. The van der Waals surface area contributed by atoms with E-state index >= 15 is 0 Å². The van der Waals surface area contributed by atoms with Crippen LogP contribution in [-0.2, 0) is 0 Å². The van der Waals surface area contributed by atoms with Gasteiger partial charge in [-0.3, -0.25) is 4.98 Å². The average molecular weight is 283 g/mol. The first kappa shape index (κ1) is 13.5. The first-order valence-corrected chi connectivity index (χ1v) is 6.55. The molecule has 1 atom stereocenters. The van der Waals surface area contributed by atoms with Crippen LogP contribution in [0.25, 0.3) is 10.8 Å². The van der Waals surface area contributed by atoms with Gasteiger partial charge in [0.15, 0.2) is 0 Å². The van der Waals surface area contributed by atoms with E-state index in [0.717, 1.165) is 17.0 Å². The maximum atomic E-state index is 13.3. The second-order valence-corrected chi connectivity index (χ2v) is 4.74. The van der Waals surface area contributed by atoms with Crippen molar-refractivity contribution in [1.82, 2.24) is 4.98 Å². The molecule has 0 aliphatic carbocycles. The number of aliphatic hydroxyl groups excluding tert-OH is 1. The molecule has 0 fully saturated rings. The van der Waals surface area contributed by atoms with E-state index in [-0.39, 0.29) is 0 Å². The van der Waals surface area contributed by atoms with Gasteiger partial charge in [0.25, 0.3) is 0 Å². The Morgan fingerprint density at radius 1 is 1.14 bits per heavy atom. The van der Waals surface area contributed by atoms with Gasteiger partial charge in [-0.1, -0.05) is 30.3 Å². The number of fused-ring (bicyclic) bond motifs is 1. The van der Waals surface area contributed by atoms with E-state index in [9.17, 15) is 9.50 Å². The number of aliphatic hydroxyl groups is 1. The molecule has 106 valence electrons. The summed E-state index contributed by atoms with van der Waals surface area (Å²) in [5, 5.41) is 12.5. The molecule has 1 N–H and O–H groups in total. The fraction of sp³-hybridized carbons (Fsp3) is 0.118. The number of pyridine rings is 1. The molecule has 0 saturated heterocycles. The van der Waals surface area contributed by atoms with Crippen molar-refractivity contribution in [2.24, 2.45) is 0 Å². The molecule has 4 heteroatoms. The standard InChI is InChI=1S/C17H14FNO2/c1-21-15-7-6-11-4-2-3-5-14(11)16(15)17(20)12-8-13(18)10-19-9-12/h2-10,17,20H,1H3. The number of benzene rings is 2. The van der Waals surface area contributed by atoms with Gasteiger partial charge < -0.3 is 9.84 Å². The van der Waals surface area contributed by atoms with Gasteiger partial charge in [0.1, 0.15) is 17.7 Å². The van der Waals surface area contributed by atoms with Crippen LogP contribution in [0.1, 0.15) is 17.2 Å². The molecule has 3 aromatic rings. The van der Waals surface area contributed by atoms with Crippen molar-refractivity contribution in [3.63, 3.8) is 0 Å². The lowest BCUT2D eigenvalue weighted by Gasteiger charge is -2.17. The molecule has 0 amide bonds. The van der Waals surface area contributed by atoms with E-state index in [2.05, 4.69) is 4.98 Å². The molecule has 1 aromatic heterocycles. The van der Waals surface area contributed by atoms with Crippen LogP contribution in [0.5, 0.6) is 5.75 Å². The fourth-order valence-electron chi connectivity index (χ4n) is 2.48. The average Bonchev–Trinajstić information content (AvgIpc) is 2.53. The first-order valence-electron chi connectivity index (χ1n) is 6.55. The van der Waals surface area contributed by atoms with Crippen molar-refractivity contribution in [3.8, 4) is 5.75 Å². The minimum absolute atomic E-state index is 0.393. The number of methoxy groups -OCH3 is 1. The molecule has 3 nitrogen and oxygen atoms in total. The monoisotopic (exact) mass is 283 g/mol. The molecule has 0 spiro atoms. The van der Waals surface area contributed by atoms with Crippen molar-refractivity contribution in [1.29, 1.82) is 0 Å². The molecule has 3 rings (SSSR count). The third-order valence-corrected chi connectivity index (χ3v) is 3.47. The zero-order valence-electron chi connectivity index (χ0n) is 11.5. The van der Waals surface area contributed by atoms with Crippen LogP contribution in [-0.4, -0.2) is 17.2 Å². The number of aromatic nitrogens is 1. The van der Waals surface area contributed by atoms with E-state index in [0.29, 0.717) is 16.9 Å². The van der Waals surface area contributed by atoms with E-state index in [1.54, 1.807) is 13.2 Å². The third kappa shape index (κ3) is 2.45. The summed E-state index contributed by atoms with van der Waals surface area (Å²) in [5.41, 5.74) is 1.01. The minimum Gasteiger partial charge on any atom is -0.496 e. The summed E-state index contributed by atoms with van der Waals surface area (Å²) in [6.45, 7) is 0. The van der Waals surface area contributed by atoms with E-state index < -0.39 is 11.9 Å². The van der Waals surface area contributed by atoms with Crippen LogP contribution in [0.2, 0.25) is 0 Å². The largest absolute Gasteiger partial charge is 0.496 e. The predicted octanol–water partition coefficient (Wildman–Crippen LogP) is 3.46. The molecule has 0 saturated carbocycles. The third-order valence-electron chi connectivity index (χ3n) is 3.47. The van der Waals surface area contributed by atoms with Crippen LogP contribution in [0.15, 0.2) is 54.9 Å². The van der Waals surface area contributed by atoms with Crippen molar-refractivity contribution in [3.05, 3.63) is 71.8 Å². The Bertz CT molecular complexity index is 789. The second kappa shape index (κ2) is 5.50. The van der Waals surface area contributed by atoms with Gasteiger partial charge in [0.05, 0.1) is 13.3 Å². The van der Waals surface area contributed by atoms with Crippen LogP contribution in [0, 0.1) is 5.82 Å². The molecular formula is C17H14FNO2. The van der Waals surface area contributed by atoms with Crippen LogP contribution in [0.3, 0.4) is 0 Å². The van der Waals surface area contributed by atoms with Gasteiger partial charge in [-0.15, -0.1) is 0 Å². The van der Waals surface area contributed by atoms with Crippen molar-refractivity contribution in [2.45, 2.75) is 6.10 Å². The maximum Gasteiger partial charge on any atom is 0.141 e. The lowest BCUT2D eigenvalue weighted by Crippen LogP contribution is -2.04. The Balaban J connectivity index is 2.22. The van der Waals surface area contributed by atoms with Gasteiger partial charge >= 0.3 is 0 Å². The number of halogens is 1. The van der Waals surface area contributed by atoms with E-state index in [1.165, 1.54) is 12.3 Å². The summed E-state index contributed by atoms with van der Waals surface area (Å²) in [7, 11) is 1.55. The normalized spacial score (nSPS) is 12.3. The summed E-state index contributed by atoms with van der Waals surface area (Å²) >= 11 is 0. The second-order valence-electron chi connectivity index (χ2n) is 4.74. The summed E-state index contributed by atoms with van der Waals surface area (Å²) in [4.78, 5) is 3.79. The van der Waals surface area contributed by atoms with Crippen molar-refractivity contribution < 1.29 is 14.2 Å². The predicted molar refractivity (Wildman–Crippen MR) is 78.8 cm³/mol. The van der Waals surface area contributed by atoms with Crippen molar-refractivity contribution >= 4 is 10.8 Å². The molecule has 2 aromatic carbocycles. The summed E-state index contributed by atoms with van der Waals surface area (Å²) < 4.78 is 18.7. The highest BCUT2D eigenvalue weighted by molar-refractivity contribution is 5.88. The van der Waals surface area contributed by atoms with Gasteiger partial charge in [-0.25, -0.2) is 4.39 Å². The molecule has 0 aliphatic rings. The smallest absolute Gasteiger partial charge is 0.141 e. The number of rotatable bonds is 3. The summed E-state index contributed by atoms with van der Waals surface area (Å²) in [5.74, 6) is 0.0798. The van der Waals surface area contributed by atoms with Gasteiger partial charge in [-0.2, -0.15) is 0 Å². The van der Waals surface area contributed by atoms with E-state index in [1.807, 2.05) is 30.3 Å². The van der Waals surface area contributed by atoms with Gasteiger partial charge in [-0.05, 0) is 22.9 Å². The Labute approximate surface area is 121 Å². The highest BCUT2D eigenvalue weighted by Gasteiger charge is 2.19. The molecule has 1 heterocycles. The van der Waals surface area contributed by atoms with Crippen molar-refractivity contribution in [2.75, 3.05) is 7.11 Å². The van der Waals surface area contributed by atoms with Crippen LogP contribution >= 0.6 is 0 Å². The Morgan fingerprint density at radius 3 is 2.71 bits per heavy atom. The highest BCUT2D eigenvalue weighted by atomic mass is 19.1. The van der Waals surface area contributed by atoms with Crippen LogP contribution in [0.4, 0.5) is 4.39 Å². The Morgan fingerprint density at radius 2 is 1.95 bits per heavy atom. The Hall–Kier alpha value is -2.46. The molecule has 0 bridgehead atoms. The lowest BCUT2D eigenvalue weighted by molar-refractivity contribution is 0.215. The summed E-state index contributed by atoms with van der Waals surface area (Å²) in [6.07, 6.45) is 1.56. The zero-order chi connectivity index (χ0) is 14.8. The minimum atomic E-state index is -1.01. The van der Waals surface area contributed by atoms with E-state index in [4.69, 9.17) is 4.74 Å². The topological polar surface area (TPSA) is 42.4 Å². The Kier molecular flexibility index (Phi) is 3.54. The fourth-order valence-corrected chi connectivity index (χ4v) is 2.48. The first-order chi connectivity index (χ1) is 10.2. The molecule has 21 heavy (non-hydrogen) atoms. The molecule has 0 radical (unpaired) electrons. The molecular weight excluding hydrogens is 269 g/mol. The van der Waals surface area contributed by atoms with Gasteiger partial charge in [0.2, 0.25) is 0 Å². The number of nitrogens with zero attached hydrogens (tertiary/aromatic N) is 1. The lowest BCUT2D eigenvalue weighted by atomic mass is 9.95. The number of hydrogen-bond donors (Lipinski definition) is 1. The highest BCUT2D eigenvalue weighted by Crippen LogP contribution is 2.36. The van der Waals surface area contributed by atoms with Crippen LogP contribution < -0.4 is 4.74 Å².